The molecule has 0 saturated heterocycles. The predicted octanol–water partition coefficient (Wildman–Crippen LogP) is 13.4. The van der Waals surface area contributed by atoms with Crippen LogP contribution in [0.4, 0.5) is 0 Å². The van der Waals surface area contributed by atoms with Crippen molar-refractivity contribution >= 4 is 0 Å². The second-order valence-corrected chi connectivity index (χ2v) is 12.2. The van der Waals surface area contributed by atoms with Crippen LogP contribution in [0.3, 0.4) is 0 Å². The molecule has 1 nitrogen and oxygen atoms in total. The van der Waals surface area contributed by atoms with E-state index < -0.39 is 0 Å². The smallest absolute Gasteiger partial charge is 0.394 e. The molecule has 0 bridgehead atoms. The van der Waals surface area contributed by atoms with Crippen LogP contribution in [-0.2, 0) is 52.4 Å². The van der Waals surface area contributed by atoms with Gasteiger partial charge in [0.2, 0.25) is 0 Å². The van der Waals surface area contributed by atoms with E-state index in [1.54, 1.807) is 13.8 Å². The Balaban J connectivity index is 0. The van der Waals surface area contributed by atoms with E-state index in [4.69, 9.17) is 5.11 Å². The Labute approximate surface area is 369 Å². The van der Waals surface area contributed by atoms with Gasteiger partial charge in [0, 0.05) is 6.10 Å². The van der Waals surface area contributed by atoms with Gasteiger partial charge in [-0.3, -0.25) is 18.2 Å². The molecule has 1 fully saturated rings. The largest absolute Gasteiger partial charge is 4.00 e. The van der Waals surface area contributed by atoms with Crippen LogP contribution in [-0.4, -0.2) is 11.2 Å². The first kappa shape index (κ1) is 52.9. The third-order valence-corrected chi connectivity index (χ3v) is 7.07. The van der Waals surface area contributed by atoms with Gasteiger partial charge in [0.15, 0.2) is 0 Å². The van der Waals surface area contributed by atoms with Gasteiger partial charge in [-0.2, -0.15) is 140 Å². The average Bonchev–Trinajstić information content (AvgIpc) is 4.03. The van der Waals surface area contributed by atoms with Crippen molar-refractivity contribution in [3.8, 4) is 0 Å². The number of hydrogen-bond donors (Lipinski definition) is 1. The van der Waals surface area contributed by atoms with E-state index >= 15 is 0 Å². The van der Waals surface area contributed by atoms with E-state index in [0.717, 1.165) is 36.3 Å². The fraction of sp³-hybridized carbons (Fsp3) is 0.255. The van der Waals surface area contributed by atoms with Gasteiger partial charge in [-0.1, -0.05) is 50.7 Å². The molecule has 0 spiro atoms. The molecule has 4 aliphatic rings. The van der Waals surface area contributed by atoms with E-state index in [1.807, 2.05) is 146 Å². The van der Waals surface area contributed by atoms with Crippen molar-refractivity contribution in [2.24, 2.45) is 5.92 Å². The topological polar surface area (TPSA) is 20.2 Å². The molecule has 4 aromatic carbocycles. The molecule has 8 rings (SSSR count). The van der Waals surface area contributed by atoms with Gasteiger partial charge in [-0.15, -0.1) is 43.5 Å². The van der Waals surface area contributed by atoms with Crippen molar-refractivity contribution in [3.63, 3.8) is 0 Å². The number of allylic oxidation sites excluding steroid dienone is 12. The maximum absolute atomic E-state index is 8.06. The van der Waals surface area contributed by atoms with Crippen LogP contribution in [0.25, 0.3) is 0 Å². The first-order valence-electron chi connectivity index (χ1n) is 18.4. The SMILES string of the molecule is CC(C)O.[C-]1=C(CC2CCCCC2)C=CC1.[C-]1=CC=CC1.[C-]1=CC=CC1.[CH2-]c1ccccc1.[CH2-]c1ccccc1.[Zr+3].[Zr+4].[c-]1ccccc1.[c-]1ccccc1. The van der Waals surface area contributed by atoms with Crippen LogP contribution in [0, 0.1) is 50.1 Å². The monoisotopic (exact) mass is 867 g/mol. The molecule has 0 amide bonds. The van der Waals surface area contributed by atoms with Gasteiger partial charge < -0.3 is 5.11 Å². The zero-order valence-corrected chi connectivity index (χ0v) is 37.5. The molecular formula is C51H59OZr2. The second kappa shape index (κ2) is 41.0. The standard InChI is InChI=1S/C12H17.2C7H7.2C6H5.2C5H5.C3H8O.2Zr/c1-2-6-11(7-3-1)10-12-8-4-5-9-12;2*1-7-5-3-2-4-6-7;2*1-2-4-6-5-3-1;2*1-2-4-5-3-1;1-3(2)4;;/h4,8,11H,1-3,5-7,10H2;2*2-6H,1H2;2*1-5H;2*1-3H,4H2;3-4H,1-2H3;;/q7*-1;;+3;+4. The molecule has 0 atom stereocenters. The van der Waals surface area contributed by atoms with Crippen LogP contribution in [0.5, 0.6) is 0 Å². The molecular weight excluding hydrogens is 811 g/mol. The molecule has 54 heavy (non-hydrogen) atoms. The van der Waals surface area contributed by atoms with E-state index in [9.17, 15) is 0 Å². The minimum atomic E-state index is -0.167. The van der Waals surface area contributed by atoms with Crippen molar-refractivity contribution in [1.29, 1.82) is 0 Å². The Morgan fingerprint density at radius 1 is 0.611 bits per heavy atom. The number of aliphatic hydroxyl groups is 1. The molecule has 4 aromatic rings. The molecule has 0 unspecified atom stereocenters. The van der Waals surface area contributed by atoms with Crippen LogP contribution in [0.2, 0.25) is 0 Å². The zero-order chi connectivity index (χ0) is 37.6. The molecule has 0 heterocycles. The summed E-state index contributed by atoms with van der Waals surface area (Å²) in [5.74, 6) is 0.976. The van der Waals surface area contributed by atoms with Crippen molar-refractivity contribution in [1.82, 2.24) is 0 Å². The van der Waals surface area contributed by atoms with Crippen LogP contribution < -0.4 is 0 Å². The van der Waals surface area contributed by atoms with Crippen molar-refractivity contribution < 1.29 is 57.5 Å². The molecule has 4 aliphatic carbocycles. The van der Waals surface area contributed by atoms with Crippen molar-refractivity contribution in [2.45, 2.75) is 77.7 Å². The summed E-state index contributed by atoms with van der Waals surface area (Å²) in [5, 5.41) is 8.06. The van der Waals surface area contributed by atoms with Gasteiger partial charge in [-0.25, -0.2) is 36.0 Å². The van der Waals surface area contributed by atoms with E-state index in [1.165, 1.54) is 44.1 Å². The summed E-state index contributed by atoms with van der Waals surface area (Å²) in [5.41, 5.74) is 3.62. The summed E-state index contributed by atoms with van der Waals surface area (Å²) >= 11 is 0. The second-order valence-electron chi connectivity index (χ2n) is 12.2. The zero-order valence-electron chi connectivity index (χ0n) is 32.5. The fourth-order valence-electron chi connectivity index (χ4n) is 4.61. The molecule has 1 radical (unpaired) electrons. The Kier molecular flexibility index (Phi) is 40.1. The molecule has 0 aromatic heterocycles. The number of benzene rings is 4. The summed E-state index contributed by atoms with van der Waals surface area (Å²) in [6.07, 6.45) is 37.4. The van der Waals surface area contributed by atoms with E-state index in [0.29, 0.717) is 0 Å². The summed E-state index contributed by atoms with van der Waals surface area (Å²) < 4.78 is 0. The first-order valence-corrected chi connectivity index (χ1v) is 18.4. The quantitative estimate of drug-likeness (QED) is 0.199. The van der Waals surface area contributed by atoms with Gasteiger partial charge in [-0.05, 0) is 19.8 Å². The summed E-state index contributed by atoms with van der Waals surface area (Å²) in [7, 11) is 0. The predicted molar refractivity (Wildman–Crippen MR) is 225 cm³/mol. The summed E-state index contributed by atoms with van der Waals surface area (Å²) in [4.78, 5) is 0. The summed E-state index contributed by atoms with van der Waals surface area (Å²) in [6, 6.07) is 44.7. The third kappa shape index (κ3) is 38.5. The molecule has 3 heteroatoms. The maximum atomic E-state index is 8.06. The Bertz CT molecular complexity index is 1320. The van der Waals surface area contributed by atoms with Crippen LogP contribution >= 0.6 is 0 Å². The van der Waals surface area contributed by atoms with Crippen molar-refractivity contribution in [3.05, 3.63) is 231 Å². The van der Waals surface area contributed by atoms with Crippen molar-refractivity contribution in [2.75, 3.05) is 0 Å². The number of rotatable bonds is 2. The molecule has 0 aliphatic heterocycles. The summed E-state index contributed by atoms with van der Waals surface area (Å²) in [6.45, 7) is 10.9. The van der Waals surface area contributed by atoms with Gasteiger partial charge in [0.1, 0.15) is 0 Å². The van der Waals surface area contributed by atoms with E-state index in [-0.39, 0.29) is 58.5 Å². The fourth-order valence-corrected chi connectivity index (χ4v) is 4.61. The number of aliphatic hydroxyl groups excluding tert-OH is 1. The van der Waals surface area contributed by atoms with Gasteiger partial charge >= 0.3 is 52.4 Å². The minimum absolute atomic E-state index is 0. The Hall–Kier alpha value is -3.21. The van der Waals surface area contributed by atoms with Crippen LogP contribution in [0.1, 0.15) is 82.8 Å². The first-order chi connectivity index (χ1) is 25.5. The number of hydrogen-bond acceptors (Lipinski definition) is 1. The molecule has 1 saturated carbocycles. The maximum Gasteiger partial charge on any atom is 4.00 e. The van der Waals surface area contributed by atoms with Gasteiger partial charge in [0.05, 0.1) is 0 Å². The van der Waals surface area contributed by atoms with Crippen LogP contribution in [0.15, 0.2) is 176 Å². The molecule has 277 valence electrons. The Morgan fingerprint density at radius 3 is 1.24 bits per heavy atom. The third-order valence-electron chi connectivity index (χ3n) is 7.07. The van der Waals surface area contributed by atoms with E-state index in [2.05, 4.69) is 68.5 Å². The van der Waals surface area contributed by atoms with Gasteiger partial charge in [0.25, 0.3) is 0 Å². The Morgan fingerprint density at radius 2 is 1.02 bits per heavy atom. The average molecular weight is 870 g/mol. The minimum Gasteiger partial charge on any atom is -0.394 e. The normalized spacial score (nSPS) is 13.4. The molecule has 1 N–H and O–H groups in total.